The number of benzene rings is 1. The zero-order chi connectivity index (χ0) is 14.5. The van der Waals surface area contributed by atoms with Gasteiger partial charge in [-0.1, -0.05) is 31.2 Å². The standard InChI is InChI=1S/C15H16N2O3/c1-2-11-3-5-12(6-4-11)15-13(10-18)9-17(16-15)8-7-14(19)20/h3-6,9-10H,2,7-8H2,1H3,(H,19,20). The van der Waals surface area contributed by atoms with E-state index in [1.165, 1.54) is 10.2 Å². The highest BCUT2D eigenvalue weighted by atomic mass is 16.4. The summed E-state index contributed by atoms with van der Waals surface area (Å²) in [6, 6.07) is 7.85. The molecule has 0 bridgehead atoms. The van der Waals surface area contributed by atoms with Crippen molar-refractivity contribution in [3.8, 4) is 11.3 Å². The van der Waals surface area contributed by atoms with Crippen molar-refractivity contribution >= 4 is 12.3 Å². The second-order valence-corrected chi connectivity index (χ2v) is 4.51. The van der Waals surface area contributed by atoms with Crippen LogP contribution in [0.3, 0.4) is 0 Å². The molecule has 0 radical (unpaired) electrons. The molecule has 0 aliphatic heterocycles. The molecule has 0 fully saturated rings. The average molecular weight is 272 g/mol. The molecule has 1 heterocycles. The maximum atomic E-state index is 11.1. The lowest BCUT2D eigenvalue weighted by atomic mass is 10.1. The van der Waals surface area contributed by atoms with Gasteiger partial charge in [0.15, 0.2) is 6.29 Å². The summed E-state index contributed by atoms with van der Waals surface area (Å²) in [6.45, 7) is 2.33. The molecule has 104 valence electrons. The minimum atomic E-state index is -0.887. The number of carboxylic acids is 1. The molecule has 0 amide bonds. The second kappa shape index (κ2) is 6.14. The molecular formula is C15H16N2O3. The fourth-order valence-electron chi connectivity index (χ4n) is 1.97. The highest BCUT2D eigenvalue weighted by molar-refractivity contribution is 5.85. The van der Waals surface area contributed by atoms with Gasteiger partial charge in [-0.3, -0.25) is 14.3 Å². The Morgan fingerprint density at radius 2 is 2.05 bits per heavy atom. The van der Waals surface area contributed by atoms with Crippen LogP contribution in [0.5, 0.6) is 0 Å². The Morgan fingerprint density at radius 3 is 2.60 bits per heavy atom. The SMILES string of the molecule is CCc1ccc(-c2nn(CCC(=O)O)cc2C=O)cc1. The van der Waals surface area contributed by atoms with Crippen LogP contribution in [0, 0.1) is 0 Å². The summed E-state index contributed by atoms with van der Waals surface area (Å²) in [5.41, 5.74) is 3.14. The van der Waals surface area contributed by atoms with Gasteiger partial charge >= 0.3 is 5.97 Å². The van der Waals surface area contributed by atoms with E-state index < -0.39 is 5.97 Å². The molecule has 0 atom stereocenters. The Bertz CT molecular complexity index is 615. The van der Waals surface area contributed by atoms with Crippen molar-refractivity contribution < 1.29 is 14.7 Å². The number of rotatable bonds is 6. The van der Waals surface area contributed by atoms with Crippen LogP contribution >= 0.6 is 0 Å². The van der Waals surface area contributed by atoms with Crippen LogP contribution in [0.15, 0.2) is 30.5 Å². The molecule has 2 aromatic rings. The maximum absolute atomic E-state index is 11.1. The van der Waals surface area contributed by atoms with E-state index in [9.17, 15) is 9.59 Å². The van der Waals surface area contributed by atoms with Gasteiger partial charge in [-0.05, 0) is 12.0 Å². The molecule has 0 unspecified atom stereocenters. The number of aliphatic carboxylic acids is 1. The largest absolute Gasteiger partial charge is 0.481 e. The van der Waals surface area contributed by atoms with Gasteiger partial charge in [0.2, 0.25) is 0 Å². The number of aldehydes is 1. The number of carboxylic acid groups (broad SMARTS) is 1. The first-order valence-electron chi connectivity index (χ1n) is 6.47. The Labute approximate surface area is 116 Å². The van der Waals surface area contributed by atoms with E-state index in [2.05, 4.69) is 12.0 Å². The number of hydrogen-bond donors (Lipinski definition) is 1. The Morgan fingerprint density at radius 1 is 1.35 bits per heavy atom. The van der Waals surface area contributed by atoms with E-state index in [1.54, 1.807) is 6.20 Å². The molecule has 5 nitrogen and oxygen atoms in total. The van der Waals surface area contributed by atoms with Gasteiger partial charge in [-0.2, -0.15) is 5.10 Å². The zero-order valence-corrected chi connectivity index (χ0v) is 11.2. The highest BCUT2D eigenvalue weighted by Crippen LogP contribution is 2.21. The Kier molecular flexibility index (Phi) is 4.30. The van der Waals surface area contributed by atoms with Gasteiger partial charge in [-0.15, -0.1) is 0 Å². The molecule has 1 N–H and O–H groups in total. The van der Waals surface area contributed by atoms with Crippen LogP contribution in [-0.4, -0.2) is 27.1 Å². The number of nitrogens with zero attached hydrogens (tertiary/aromatic N) is 2. The monoisotopic (exact) mass is 272 g/mol. The summed E-state index contributed by atoms with van der Waals surface area (Å²) >= 11 is 0. The predicted octanol–water partition coefficient (Wildman–Crippen LogP) is 2.40. The molecule has 0 aliphatic carbocycles. The predicted molar refractivity (Wildman–Crippen MR) is 74.7 cm³/mol. The molecule has 0 spiro atoms. The van der Waals surface area contributed by atoms with Gasteiger partial charge < -0.3 is 5.11 Å². The minimum Gasteiger partial charge on any atom is -0.481 e. The van der Waals surface area contributed by atoms with Crippen molar-refractivity contribution in [2.24, 2.45) is 0 Å². The van der Waals surface area contributed by atoms with Crippen LogP contribution in [0.2, 0.25) is 0 Å². The summed E-state index contributed by atoms with van der Waals surface area (Å²) in [7, 11) is 0. The van der Waals surface area contributed by atoms with Crippen LogP contribution < -0.4 is 0 Å². The molecule has 1 aromatic heterocycles. The summed E-state index contributed by atoms with van der Waals surface area (Å²) < 4.78 is 1.50. The number of hydrogen-bond acceptors (Lipinski definition) is 3. The summed E-state index contributed by atoms with van der Waals surface area (Å²) in [5, 5.41) is 13.0. The zero-order valence-electron chi connectivity index (χ0n) is 11.2. The van der Waals surface area contributed by atoms with E-state index in [4.69, 9.17) is 5.11 Å². The Balaban J connectivity index is 2.29. The number of carbonyl (C=O) groups excluding carboxylic acids is 1. The lowest BCUT2D eigenvalue weighted by molar-refractivity contribution is -0.137. The summed E-state index contributed by atoms with van der Waals surface area (Å²) in [4.78, 5) is 21.7. The second-order valence-electron chi connectivity index (χ2n) is 4.51. The van der Waals surface area contributed by atoms with Crippen LogP contribution in [-0.2, 0) is 17.8 Å². The normalized spacial score (nSPS) is 10.4. The van der Waals surface area contributed by atoms with Crippen LogP contribution in [0.1, 0.15) is 29.3 Å². The molecular weight excluding hydrogens is 256 g/mol. The third-order valence-corrected chi connectivity index (χ3v) is 3.11. The van der Waals surface area contributed by atoms with Crippen LogP contribution in [0.25, 0.3) is 11.3 Å². The van der Waals surface area contributed by atoms with Crippen molar-refractivity contribution in [2.45, 2.75) is 26.3 Å². The fourth-order valence-corrected chi connectivity index (χ4v) is 1.97. The fraction of sp³-hybridized carbons (Fsp3) is 0.267. The van der Waals surface area contributed by atoms with Gasteiger partial charge in [0.1, 0.15) is 5.69 Å². The van der Waals surface area contributed by atoms with Gasteiger partial charge in [0, 0.05) is 11.8 Å². The minimum absolute atomic E-state index is 0.0197. The summed E-state index contributed by atoms with van der Waals surface area (Å²) in [6.07, 6.45) is 3.26. The van der Waals surface area contributed by atoms with Gasteiger partial charge in [0.05, 0.1) is 18.5 Å². The summed E-state index contributed by atoms with van der Waals surface area (Å²) in [5.74, 6) is -0.887. The first-order chi connectivity index (χ1) is 9.63. The lowest BCUT2D eigenvalue weighted by Crippen LogP contribution is -2.04. The molecule has 20 heavy (non-hydrogen) atoms. The molecule has 0 saturated heterocycles. The molecule has 2 rings (SSSR count). The van der Waals surface area contributed by atoms with Gasteiger partial charge in [0.25, 0.3) is 0 Å². The third kappa shape index (κ3) is 3.12. The number of carbonyl (C=O) groups is 2. The maximum Gasteiger partial charge on any atom is 0.305 e. The lowest BCUT2D eigenvalue weighted by Gasteiger charge is -2.01. The van der Waals surface area contributed by atoms with Crippen LogP contribution in [0.4, 0.5) is 0 Å². The quantitative estimate of drug-likeness (QED) is 0.819. The molecule has 1 aromatic carbocycles. The van der Waals surface area contributed by atoms with Crippen molar-refractivity contribution in [2.75, 3.05) is 0 Å². The van der Waals surface area contributed by atoms with Crippen molar-refractivity contribution in [3.05, 3.63) is 41.6 Å². The van der Waals surface area contributed by atoms with Crippen molar-refractivity contribution in [1.29, 1.82) is 0 Å². The van der Waals surface area contributed by atoms with E-state index in [1.807, 2.05) is 24.3 Å². The number of aromatic nitrogens is 2. The van der Waals surface area contributed by atoms with Crippen molar-refractivity contribution in [3.63, 3.8) is 0 Å². The molecule has 0 saturated carbocycles. The smallest absolute Gasteiger partial charge is 0.305 e. The average Bonchev–Trinajstić information content (AvgIpc) is 2.88. The number of aryl methyl sites for hydroxylation is 2. The van der Waals surface area contributed by atoms with E-state index in [0.29, 0.717) is 11.3 Å². The highest BCUT2D eigenvalue weighted by Gasteiger charge is 2.11. The van der Waals surface area contributed by atoms with Crippen molar-refractivity contribution in [1.82, 2.24) is 9.78 Å². The molecule has 0 aliphatic rings. The van der Waals surface area contributed by atoms with Gasteiger partial charge in [-0.25, -0.2) is 0 Å². The van der Waals surface area contributed by atoms with E-state index in [0.717, 1.165) is 18.3 Å². The third-order valence-electron chi connectivity index (χ3n) is 3.11. The Hall–Kier alpha value is -2.43. The first-order valence-corrected chi connectivity index (χ1v) is 6.47. The van der Waals surface area contributed by atoms with E-state index in [-0.39, 0.29) is 13.0 Å². The topological polar surface area (TPSA) is 72.2 Å². The van der Waals surface area contributed by atoms with E-state index >= 15 is 0 Å². The molecule has 5 heteroatoms. The first kappa shape index (κ1) is 14.0.